The third-order valence-corrected chi connectivity index (χ3v) is 7.30. The van der Waals surface area contributed by atoms with Crippen molar-refractivity contribution < 1.29 is 8.81 Å². The van der Waals surface area contributed by atoms with Crippen molar-refractivity contribution >= 4 is 33.1 Å². The minimum atomic E-state index is -0.323. The van der Waals surface area contributed by atoms with E-state index in [9.17, 15) is 4.39 Å². The van der Waals surface area contributed by atoms with Crippen LogP contribution in [-0.4, -0.2) is 14.5 Å². The second-order valence-electron chi connectivity index (χ2n) is 10.9. The fraction of sp³-hybridized carbons (Fsp3) is 0.118. The van der Waals surface area contributed by atoms with E-state index in [0.29, 0.717) is 22.5 Å². The van der Waals surface area contributed by atoms with Gasteiger partial charge in [0.15, 0.2) is 5.58 Å². The average molecular weight is 512 g/mol. The SMILES string of the molecule is CC(C)(C)c1ccc(-n2c(-c3cccc4c3oc3cccnc34)nc3cc(F)ccc32)c(-c2ccccc2)c1. The van der Waals surface area contributed by atoms with Gasteiger partial charge in [0.2, 0.25) is 0 Å². The Morgan fingerprint density at radius 2 is 1.64 bits per heavy atom. The van der Waals surface area contributed by atoms with Crippen LogP contribution in [-0.2, 0) is 5.41 Å². The van der Waals surface area contributed by atoms with Crippen LogP contribution < -0.4 is 0 Å². The summed E-state index contributed by atoms with van der Waals surface area (Å²) in [6.45, 7) is 6.65. The maximum Gasteiger partial charge on any atom is 0.153 e. The van der Waals surface area contributed by atoms with E-state index in [1.54, 1.807) is 12.3 Å². The largest absolute Gasteiger partial charge is 0.454 e. The number of nitrogens with zero attached hydrogens (tertiary/aromatic N) is 3. The monoisotopic (exact) mass is 511 g/mol. The summed E-state index contributed by atoms with van der Waals surface area (Å²) in [7, 11) is 0. The highest BCUT2D eigenvalue weighted by molar-refractivity contribution is 6.07. The molecule has 0 spiro atoms. The molecule has 0 bridgehead atoms. The normalized spacial score (nSPS) is 12.1. The number of aromatic nitrogens is 3. The van der Waals surface area contributed by atoms with Gasteiger partial charge < -0.3 is 4.42 Å². The molecule has 4 aromatic carbocycles. The van der Waals surface area contributed by atoms with Crippen molar-refractivity contribution in [3.8, 4) is 28.2 Å². The fourth-order valence-corrected chi connectivity index (χ4v) is 5.32. The van der Waals surface area contributed by atoms with Crippen LogP contribution in [0.3, 0.4) is 0 Å². The Kier molecular flexibility index (Phi) is 5.17. The smallest absolute Gasteiger partial charge is 0.153 e. The highest BCUT2D eigenvalue weighted by Crippen LogP contribution is 2.40. The van der Waals surface area contributed by atoms with E-state index >= 15 is 0 Å². The number of benzene rings is 4. The van der Waals surface area contributed by atoms with Crippen LogP contribution in [0.4, 0.5) is 4.39 Å². The summed E-state index contributed by atoms with van der Waals surface area (Å²) < 4.78 is 22.9. The molecular formula is C34H26FN3O. The molecule has 4 nitrogen and oxygen atoms in total. The first kappa shape index (κ1) is 23.4. The zero-order valence-electron chi connectivity index (χ0n) is 21.9. The zero-order chi connectivity index (χ0) is 26.7. The summed E-state index contributed by atoms with van der Waals surface area (Å²) in [6.07, 6.45) is 1.77. The van der Waals surface area contributed by atoms with Gasteiger partial charge in [0.25, 0.3) is 0 Å². The van der Waals surface area contributed by atoms with E-state index in [1.807, 2.05) is 48.5 Å². The number of furan rings is 1. The van der Waals surface area contributed by atoms with E-state index in [1.165, 1.54) is 17.7 Å². The molecule has 0 aliphatic rings. The first-order chi connectivity index (χ1) is 18.9. The topological polar surface area (TPSA) is 43.9 Å². The molecule has 0 N–H and O–H groups in total. The Balaban J connectivity index is 1.59. The lowest BCUT2D eigenvalue weighted by atomic mass is 9.85. The summed E-state index contributed by atoms with van der Waals surface area (Å²) in [5.41, 5.74) is 8.78. The van der Waals surface area contributed by atoms with Crippen molar-refractivity contribution in [3.63, 3.8) is 0 Å². The van der Waals surface area contributed by atoms with Gasteiger partial charge in [-0.2, -0.15) is 0 Å². The summed E-state index contributed by atoms with van der Waals surface area (Å²) >= 11 is 0. The summed E-state index contributed by atoms with van der Waals surface area (Å²) in [5, 5.41) is 0.916. The molecule has 7 rings (SSSR count). The third-order valence-electron chi connectivity index (χ3n) is 7.30. The Hall–Kier alpha value is -4.77. The Bertz CT molecular complexity index is 2010. The van der Waals surface area contributed by atoms with Crippen molar-refractivity contribution in [1.29, 1.82) is 0 Å². The van der Waals surface area contributed by atoms with Crippen molar-refractivity contribution in [1.82, 2.24) is 14.5 Å². The minimum absolute atomic E-state index is 0.0299. The molecule has 0 atom stereocenters. The predicted molar refractivity (Wildman–Crippen MR) is 156 cm³/mol. The third kappa shape index (κ3) is 3.81. The molecule has 3 heterocycles. The van der Waals surface area contributed by atoms with Crippen molar-refractivity contribution in [2.45, 2.75) is 26.2 Å². The number of rotatable bonds is 3. The van der Waals surface area contributed by atoms with Crippen LogP contribution in [0, 0.1) is 5.82 Å². The van der Waals surface area contributed by atoms with Crippen LogP contribution in [0.25, 0.3) is 61.3 Å². The van der Waals surface area contributed by atoms with Crippen molar-refractivity contribution in [2.24, 2.45) is 0 Å². The second-order valence-corrected chi connectivity index (χ2v) is 10.9. The van der Waals surface area contributed by atoms with Crippen LogP contribution >= 0.6 is 0 Å². The van der Waals surface area contributed by atoms with Gasteiger partial charge >= 0.3 is 0 Å². The number of pyridine rings is 1. The summed E-state index contributed by atoms with van der Waals surface area (Å²) in [4.78, 5) is 9.54. The molecule has 190 valence electrons. The lowest BCUT2D eigenvalue weighted by Gasteiger charge is -2.23. The van der Waals surface area contributed by atoms with Crippen LogP contribution in [0.1, 0.15) is 26.3 Å². The van der Waals surface area contributed by atoms with Gasteiger partial charge in [0, 0.05) is 23.2 Å². The van der Waals surface area contributed by atoms with E-state index < -0.39 is 0 Å². The second kappa shape index (κ2) is 8.63. The molecule has 5 heteroatoms. The molecule has 0 radical (unpaired) electrons. The van der Waals surface area contributed by atoms with Gasteiger partial charge in [0.1, 0.15) is 22.7 Å². The first-order valence-electron chi connectivity index (χ1n) is 13.0. The van der Waals surface area contributed by atoms with E-state index in [2.05, 4.69) is 60.7 Å². The zero-order valence-corrected chi connectivity index (χ0v) is 21.9. The maximum atomic E-state index is 14.4. The van der Waals surface area contributed by atoms with Gasteiger partial charge in [-0.15, -0.1) is 0 Å². The van der Waals surface area contributed by atoms with Gasteiger partial charge in [-0.05, 0) is 65.1 Å². The summed E-state index contributed by atoms with van der Waals surface area (Å²) in [5.74, 6) is 0.358. The quantitative estimate of drug-likeness (QED) is 0.238. The minimum Gasteiger partial charge on any atom is -0.454 e. The van der Waals surface area contributed by atoms with Gasteiger partial charge in [-0.1, -0.05) is 63.2 Å². The molecule has 7 aromatic rings. The number of halogens is 1. The molecule has 0 saturated heterocycles. The first-order valence-corrected chi connectivity index (χ1v) is 13.0. The van der Waals surface area contributed by atoms with Crippen LogP contribution in [0.2, 0.25) is 0 Å². The average Bonchev–Trinajstić information content (AvgIpc) is 3.51. The highest BCUT2D eigenvalue weighted by Gasteiger charge is 2.23. The molecule has 0 unspecified atom stereocenters. The fourth-order valence-electron chi connectivity index (χ4n) is 5.32. The molecule has 3 aromatic heterocycles. The molecule has 39 heavy (non-hydrogen) atoms. The number of imidazole rings is 1. The standard InChI is InChI=1S/C34H26FN3O/c1-34(2,3)22-14-16-28(26(19-22)21-9-5-4-6-10-21)38-29-17-15-23(35)20-27(29)37-33(38)25-12-7-11-24-31-30(39-32(24)25)13-8-18-36-31/h4-20H,1-3H3. The molecule has 0 aliphatic carbocycles. The number of fused-ring (bicyclic) bond motifs is 4. The van der Waals surface area contributed by atoms with Crippen LogP contribution in [0.5, 0.6) is 0 Å². The summed E-state index contributed by atoms with van der Waals surface area (Å²) in [6, 6.07) is 31.5. The molecule has 0 amide bonds. The Morgan fingerprint density at radius 3 is 2.46 bits per heavy atom. The number of hydrogen-bond donors (Lipinski definition) is 0. The van der Waals surface area contributed by atoms with Crippen molar-refractivity contribution in [2.75, 3.05) is 0 Å². The van der Waals surface area contributed by atoms with Gasteiger partial charge in [0.05, 0.1) is 22.3 Å². The Morgan fingerprint density at radius 1 is 0.795 bits per heavy atom. The number of para-hydroxylation sites is 1. The highest BCUT2D eigenvalue weighted by atomic mass is 19.1. The van der Waals surface area contributed by atoms with E-state index in [0.717, 1.165) is 38.8 Å². The lowest BCUT2D eigenvalue weighted by Crippen LogP contribution is -2.12. The molecule has 0 aliphatic heterocycles. The van der Waals surface area contributed by atoms with Crippen molar-refractivity contribution in [3.05, 3.63) is 115 Å². The predicted octanol–water partition coefficient (Wildman–Crippen LogP) is 9.09. The van der Waals surface area contributed by atoms with E-state index in [-0.39, 0.29) is 11.2 Å². The van der Waals surface area contributed by atoms with Crippen LogP contribution in [0.15, 0.2) is 108 Å². The number of hydrogen-bond acceptors (Lipinski definition) is 3. The van der Waals surface area contributed by atoms with E-state index in [4.69, 9.17) is 9.40 Å². The maximum absolute atomic E-state index is 14.4. The van der Waals surface area contributed by atoms with Gasteiger partial charge in [-0.3, -0.25) is 9.55 Å². The molecule has 0 saturated carbocycles. The van der Waals surface area contributed by atoms with Gasteiger partial charge in [-0.25, -0.2) is 9.37 Å². The lowest BCUT2D eigenvalue weighted by molar-refractivity contribution is 0.590. The molecule has 0 fully saturated rings. The Labute approximate surface area is 225 Å². The molecular weight excluding hydrogens is 485 g/mol.